The minimum absolute atomic E-state index is 0. The summed E-state index contributed by atoms with van der Waals surface area (Å²) in [7, 11) is 0. The molecule has 2 rings (SSSR count). The van der Waals surface area contributed by atoms with Crippen LogP contribution in [0.25, 0.3) is 5.82 Å². The van der Waals surface area contributed by atoms with Gasteiger partial charge in [-0.05, 0) is 0 Å². The molecule has 4 nitrogen and oxygen atoms in total. The Balaban J connectivity index is 0.00000162. The zero-order valence-corrected chi connectivity index (χ0v) is 11.0. The van der Waals surface area contributed by atoms with Crippen LogP contribution in [0.3, 0.4) is 0 Å². The van der Waals surface area contributed by atoms with E-state index in [0.717, 1.165) is 4.68 Å². The molecule has 0 saturated carbocycles. The fourth-order valence-corrected chi connectivity index (χ4v) is 1.10. The van der Waals surface area contributed by atoms with Gasteiger partial charge in [-0.3, -0.25) is 15.1 Å². The van der Waals surface area contributed by atoms with Crippen molar-refractivity contribution in [3.63, 3.8) is 0 Å². The van der Waals surface area contributed by atoms with Crippen molar-refractivity contribution in [2.24, 2.45) is 0 Å². The van der Waals surface area contributed by atoms with E-state index in [1.54, 1.807) is 0 Å². The first kappa shape index (κ1) is 14.7. The standard InChI is InChI=1S/C9H5F4N4.Ir/c10-3-6-4-14-5-8(15-6)17-2-1-7(16-17)9(11,12)13;/h1,4-5H,3H2;/q-1;. The Bertz CT molecular complexity index is 525. The van der Waals surface area contributed by atoms with Crippen molar-refractivity contribution < 1.29 is 37.7 Å². The van der Waals surface area contributed by atoms with Gasteiger partial charge in [-0.25, -0.2) is 4.39 Å². The predicted octanol–water partition coefficient (Wildman–Crippen LogP) is 1.95. The van der Waals surface area contributed by atoms with Crippen molar-refractivity contribution in [1.82, 2.24) is 19.7 Å². The van der Waals surface area contributed by atoms with Crippen LogP contribution < -0.4 is 0 Å². The summed E-state index contributed by atoms with van der Waals surface area (Å²) in [5.74, 6) is -0.0179. The Morgan fingerprint density at radius 2 is 2.00 bits per heavy atom. The fraction of sp³-hybridized carbons (Fsp3) is 0.222. The van der Waals surface area contributed by atoms with E-state index < -0.39 is 18.5 Å². The molecule has 0 aliphatic heterocycles. The van der Waals surface area contributed by atoms with Gasteiger partial charge in [-0.2, -0.15) is 13.2 Å². The molecular formula is C9H5F4IrN4-. The summed E-state index contributed by atoms with van der Waals surface area (Å²) in [5, 5.41) is 3.24. The number of hydrogen-bond acceptors (Lipinski definition) is 3. The molecule has 2 heterocycles. The third kappa shape index (κ3) is 3.11. The summed E-state index contributed by atoms with van der Waals surface area (Å²) >= 11 is 0. The third-order valence-electron chi connectivity index (χ3n) is 1.85. The maximum absolute atomic E-state index is 12.3. The Kier molecular flexibility index (Phi) is 4.53. The van der Waals surface area contributed by atoms with Gasteiger partial charge in [0, 0.05) is 32.5 Å². The fourth-order valence-electron chi connectivity index (χ4n) is 1.10. The van der Waals surface area contributed by atoms with E-state index >= 15 is 0 Å². The van der Waals surface area contributed by atoms with E-state index in [9.17, 15) is 17.6 Å². The molecule has 0 aliphatic carbocycles. The molecule has 0 atom stereocenters. The maximum Gasteiger partial charge on any atom is 0.388 e. The molecule has 0 aromatic carbocycles. The average molecular weight is 437 g/mol. The van der Waals surface area contributed by atoms with Crippen molar-refractivity contribution in [2.45, 2.75) is 12.9 Å². The van der Waals surface area contributed by atoms with E-state index in [1.807, 2.05) is 0 Å². The van der Waals surface area contributed by atoms with Gasteiger partial charge < -0.3 is 4.68 Å². The van der Waals surface area contributed by atoms with Gasteiger partial charge in [-0.1, -0.05) is 6.20 Å². The molecule has 0 aliphatic rings. The van der Waals surface area contributed by atoms with E-state index in [2.05, 4.69) is 21.3 Å². The zero-order valence-electron chi connectivity index (χ0n) is 8.57. The monoisotopic (exact) mass is 438 g/mol. The summed E-state index contributed by atoms with van der Waals surface area (Å²) in [4.78, 5) is 7.36. The van der Waals surface area contributed by atoms with E-state index in [1.165, 1.54) is 12.4 Å². The first-order valence-corrected chi connectivity index (χ1v) is 4.43. The quantitative estimate of drug-likeness (QED) is 0.533. The molecule has 2 aromatic rings. The molecule has 0 saturated heterocycles. The number of rotatable bonds is 2. The normalized spacial score (nSPS) is 11.1. The second kappa shape index (κ2) is 5.53. The van der Waals surface area contributed by atoms with Gasteiger partial charge in [0.05, 0.1) is 17.2 Å². The molecular weight excluding hydrogens is 432 g/mol. The number of nitrogens with zero attached hydrogens (tertiary/aromatic N) is 4. The summed E-state index contributed by atoms with van der Waals surface area (Å²) in [6.07, 6.45) is 0.0395. The summed E-state index contributed by atoms with van der Waals surface area (Å²) < 4.78 is 49.9. The Labute approximate surface area is 112 Å². The first-order chi connectivity index (χ1) is 8.00. The first-order valence-electron chi connectivity index (χ1n) is 4.43. The molecule has 2 aromatic heterocycles. The largest absolute Gasteiger partial charge is 0.388 e. The summed E-state index contributed by atoms with van der Waals surface area (Å²) in [6.45, 7) is -0.853. The number of hydrogen-bond donors (Lipinski definition) is 0. The van der Waals surface area contributed by atoms with Gasteiger partial charge in [0.15, 0.2) is 0 Å². The minimum Gasteiger partial charge on any atom is -0.342 e. The van der Waals surface area contributed by atoms with Gasteiger partial charge in [0.1, 0.15) is 6.67 Å². The van der Waals surface area contributed by atoms with Gasteiger partial charge in [-0.15, -0.1) is 6.07 Å². The summed E-state index contributed by atoms with van der Waals surface area (Å²) in [5.41, 5.74) is -1.08. The Hall–Kier alpha value is -1.34. The molecule has 0 fully saturated rings. The maximum atomic E-state index is 12.3. The molecule has 99 valence electrons. The van der Waals surface area contributed by atoms with Gasteiger partial charge >= 0.3 is 6.18 Å². The van der Waals surface area contributed by atoms with Gasteiger partial charge in [0.25, 0.3) is 0 Å². The van der Waals surface area contributed by atoms with E-state index in [4.69, 9.17) is 0 Å². The number of alkyl halides is 4. The second-order valence-electron chi connectivity index (χ2n) is 3.07. The van der Waals surface area contributed by atoms with Crippen LogP contribution in [0.1, 0.15) is 11.4 Å². The average Bonchev–Trinajstić information content (AvgIpc) is 2.78. The Morgan fingerprint density at radius 1 is 1.28 bits per heavy atom. The number of halogens is 4. The van der Waals surface area contributed by atoms with Crippen LogP contribution >= 0.6 is 0 Å². The SMILES string of the molecule is FCc1cncc(-n2[c-]cc(C(F)(F)F)n2)n1.[Ir]. The smallest absolute Gasteiger partial charge is 0.342 e. The van der Waals surface area contributed by atoms with Crippen LogP contribution in [-0.4, -0.2) is 19.7 Å². The predicted molar refractivity (Wildman–Crippen MR) is 47.8 cm³/mol. The van der Waals surface area contributed by atoms with Crippen LogP contribution in [0.15, 0.2) is 18.5 Å². The minimum atomic E-state index is -4.55. The van der Waals surface area contributed by atoms with Crippen molar-refractivity contribution >= 4 is 0 Å². The summed E-state index contributed by atoms with van der Waals surface area (Å²) in [6, 6.07) is 0.684. The van der Waals surface area contributed by atoms with Crippen LogP contribution in [0.2, 0.25) is 0 Å². The molecule has 0 N–H and O–H groups in total. The van der Waals surface area contributed by atoms with Crippen molar-refractivity contribution in [3.8, 4) is 5.82 Å². The molecule has 0 amide bonds. The van der Waals surface area contributed by atoms with E-state index in [-0.39, 0.29) is 31.6 Å². The number of aromatic nitrogens is 4. The van der Waals surface area contributed by atoms with Crippen LogP contribution in [0.5, 0.6) is 0 Å². The molecule has 0 bridgehead atoms. The molecule has 9 heteroatoms. The van der Waals surface area contributed by atoms with Crippen LogP contribution in [0.4, 0.5) is 17.6 Å². The van der Waals surface area contributed by atoms with Gasteiger partial charge in [0.2, 0.25) is 0 Å². The zero-order chi connectivity index (χ0) is 12.5. The third-order valence-corrected chi connectivity index (χ3v) is 1.85. The van der Waals surface area contributed by atoms with E-state index in [0.29, 0.717) is 6.07 Å². The van der Waals surface area contributed by atoms with Crippen molar-refractivity contribution in [3.05, 3.63) is 36.0 Å². The topological polar surface area (TPSA) is 43.6 Å². The molecule has 0 unspecified atom stereocenters. The van der Waals surface area contributed by atoms with Crippen molar-refractivity contribution in [1.29, 1.82) is 0 Å². The molecule has 18 heavy (non-hydrogen) atoms. The van der Waals surface area contributed by atoms with Crippen LogP contribution in [0, 0.1) is 6.20 Å². The van der Waals surface area contributed by atoms with Crippen LogP contribution in [-0.2, 0) is 33.0 Å². The van der Waals surface area contributed by atoms with Crippen molar-refractivity contribution in [2.75, 3.05) is 0 Å². The second-order valence-corrected chi connectivity index (χ2v) is 3.07. The molecule has 0 spiro atoms. The molecule has 1 radical (unpaired) electrons. The Morgan fingerprint density at radius 3 is 2.56 bits per heavy atom.